The minimum Gasteiger partial charge on any atom is -0.366 e. The summed E-state index contributed by atoms with van der Waals surface area (Å²) in [6.07, 6.45) is 1.28. The van der Waals surface area contributed by atoms with Gasteiger partial charge in [0.15, 0.2) is 0 Å². The average Bonchev–Trinajstić information content (AvgIpc) is 2.50. The van der Waals surface area contributed by atoms with Crippen molar-refractivity contribution in [2.45, 2.75) is 6.54 Å². The normalized spacial score (nSPS) is 10.3. The van der Waals surface area contributed by atoms with E-state index in [2.05, 4.69) is 5.32 Å². The third kappa shape index (κ3) is 3.20. The van der Waals surface area contributed by atoms with Crippen molar-refractivity contribution in [2.24, 2.45) is 5.73 Å². The van der Waals surface area contributed by atoms with Crippen molar-refractivity contribution in [3.8, 4) is 0 Å². The minimum absolute atomic E-state index is 0.0420. The number of carbonyl (C=O) groups excluding carboxylic acids is 2. The molecule has 7 heteroatoms. The molecular formula is C15H14FN3O3. The largest absolute Gasteiger partial charge is 0.366 e. The van der Waals surface area contributed by atoms with Crippen molar-refractivity contribution in [1.82, 2.24) is 9.88 Å². The molecule has 0 aliphatic rings. The number of halogens is 1. The summed E-state index contributed by atoms with van der Waals surface area (Å²) in [5.74, 6) is -1.76. The highest BCUT2D eigenvalue weighted by molar-refractivity contribution is 5.98. The smallest absolute Gasteiger partial charge is 0.263 e. The zero-order chi connectivity index (χ0) is 16.3. The van der Waals surface area contributed by atoms with Crippen molar-refractivity contribution in [3.63, 3.8) is 0 Å². The van der Waals surface area contributed by atoms with Gasteiger partial charge in [-0.25, -0.2) is 4.39 Å². The van der Waals surface area contributed by atoms with Crippen LogP contribution in [0.2, 0.25) is 0 Å². The summed E-state index contributed by atoms with van der Waals surface area (Å²) in [7, 11) is 1.38. The highest BCUT2D eigenvalue weighted by atomic mass is 19.1. The van der Waals surface area contributed by atoms with Gasteiger partial charge in [0.2, 0.25) is 5.91 Å². The number of rotatable bonds is 4. The molecule has 0 aliphatic carbocycles. The van der Waals surface area contributed by atoms with Gasteiger partial charge in [-0.2, -0.15) is 0 Å². The molecule has 0 spiro atoms. The van der Waals surface area contributed by atoms with Crippen LogP contribution in [0.4, 0.5) is 4.39 Å². The van der Waals surface area contributed by atoms with Crippen LogP contribution in [0, 0.1) is 5.82 Å². The van der Waals surface area contributed by atoms with Gasteiger partial charge in [0.25, 0.3) is 11.5 Å². The summed E-state index contributed by atoms with van der Waals surface area (Å²) >= 11 is 0. The molecule has 6 nitrogen and oxygen atoms in total. The molecule has 1 aromatic heterocycles. The van der Waals surface area contributed by atoms with Crippen molar-refractivity contribution < 1.29 is 14.0 Å². The molecule has 0 saturated carbocycles. The van der Waals surface area contributed by atoms with Crippen LogP contribution >= 0.6 is 0 Å². The van der Waals surface area contributed by atoms with Crippen LogP contribution in [0.1, 0.15) is 26.3 Å². The lowest BCUT2D eigenvalue weighted by Gasteiger charge is -2.10. The molecule has 0 unspecified atom stereocenters. The molecule has 1 aromatic carbocycles. The van der Waals surface area contributed by atoms with Crippen LogP contribution in [-0.2, 0) is 6.54 Å². The predicted octanol–water partition coefficient (Wildman–Crippen LogP) is 0.494. The maximum Gasteiger partial charge on any atom is 0.263 e. The molecule has 1 heterocycles. The van der Waals surface area contributed by atoms with E-state index in [1.807, 2.05) is 0 Å². The Morgan fingerprint density at radius 3 is 2.45 bits per heavy atom. The third-order valence-electron chi connectivity index (χ3n) is 3.11. The lowest BCUT2D eigenvalue weighted by molar-refractivity contribution is 0.0961. The summed E-state index contributed by atoms with van der Waals surface area (Å²) < 4.78 is 14.1. The molecule has 0 aliphatic heterocycles. The Hall–Kier alpha value is -2.96. The van der Waals surface area contributed by atoms with E-state index in [0.29, 0.717) is 5.56 Å². The molecule has 2 amide bonds. The number of nitrogens with zero attached hydrogens (tertiary/aromatic N) is 1. The molecule has 0 saturated heterocycles. The van der Waals surface area contributed by atoms with Gasteiger partial charge in [-0.1, -0.05) is 12.1 Å². The molecule has 22 heavy (non-hydrogen) atoms. The van der Waals surface area contributed by atoms with E-state index < -0.39 is 23.2 Å². The Labute approximate surface area is 125 Å². The van der Waals surface area contributed by atoms with Crippen LogP contribution in [0.15, 0.2) is 41.3 Å². The molecule has 2 aromatic rings. The molecule has 0 bridgehead atoms. The number of hydrogen-bond donors (Lipinski definition) is 2. The second-order valence-electron chi connectivity index (χ2n) is 4.65. The summed E-state index contributed by atoms with van der Waals surface area (Å²) in [6, 6.07) is 6.71. The molecule has 114 valence electrons. The van der Waals surface area contributed by atoms with Crippen molar-refractivity contribution in [1.29, 1.82) is 0 Å². The first-order valence-corrected chi connectivity index (χ1v) is 6.43. The van der Waals surface area contributed by atoms with Gasteiger partial charge in [-0.15, -0.1) is 0 Å². The Bertz CT molecular complexity index is 782. The number of benzene rings is 1. The first kappa shape index (κ1) is 15.4. The van der Waals surface area contributed by atoms with E-state index in [0.717, 1.165) is 6.07 Å². The highest BCUT2D eigenvalue weighted by Gasteiger charge is 2.15. The molecule has 0 fully saturated rings. The molecule has 3 N–H and O–H groups in total. The van der Waals surface area contributed by atoms with Crippen LogP contribution in [0.5, 0.6) is 0 Å². The predicted molar refractivity (Wildman–Crippen MR) is 78.1 cm³/mol. The fourth-order valence-corrected chi connectivity index (χ4v) is 1.97. The van der Waals surface area contributed by atoms with Crippen molar-refractivity contribution >= 4 is 11.8 Å². The first-order chi connectivity index (χ1) is 10.4. The van der Waals surface area contributed by atoms with Gasteiger partial charge in [0.05, 0.1) is 12.1 Å². The number of hydrogen-bond acceptors (Lipinski definition) is 3. The number of carbonyl (C=O) groups is 2. The van der Waals surface area contributed by atoms with Gasteiger partial charge in [0, 0.05) is 13.2 Å². The number of amides is 2. The average molecular weight is 303 g/mol. The Morgan fingerprint density at radius 1 is 1.27 bits per heavy atom. The second-order valence-corrected chi connectivity index (χ2v) is 4.65. The third-order valence-corrected chi connectivity index (χ3v) is 3.11. The number of nitrogens with two attached hydrogens (primary N) is 1. The van der Waals surface area contributed by atoms with Gasteiger partial charge in [-0.05, 0) is 23.8 Å². The zero-order valence-electron chi connectivity index (χ0n) is 11.8. The summed E-state index contributed by atoms with van der Waals surface area (Å²) in [6.45, 7) is 0.0875. The standard InChI is InChI=1S/C15H14FN3O3/c1-18-14(21)12-6-10(13(17)20)8-19(15(12)22)7-9-2-4-11(16)5-3-9/h2-6,8H,7H2,1H3,(H2,17,20)(H,18,21). The Kier molecular flexibility index (Phi) is 4.36. The molecule has 0 atom stereocenters. The van der Waals surface area contributed by atoms with Gasteiger partial charge < -0.3 is 15.6 Å². The number of pyridine rings is 1. The fraction of sp³-hybridized carbons (Fsp3) is 0.133. The molecular weight excluding hydrogens is 289 g/mol. The van der Waals surface area contributed by atoms with Crippen LogP contribution in [-0.4, -0.2) is 23.4 Å². The number of primary amides is 1. The van der Waals surface area contributed by atoms with Crippen LogP contribution in [0.3, 0.4) is 0 Å². The SMILES string of the molecule is CNC(=O)c1cc(C(N)=O)cn(Cc2ccc(F)cc2)c1=O. The second kappa shape index (κ2) is 6.21. The number of nitrogens with one attached hydrogen (secondary N) is 1. The topological polar surface area (TPSA) is 94.2 Å². The lowest BCUT2D eigenvalue weighted by Crippen LogP contribution is -2.33. The van der Waals surface area contributed by atoms with Gasteiger partial charge in [-0.3, -0.25) is 14.4 Å². The Morgan fingerprint density at radius 2 is 1.91 bits per heavy atom. The Balaban J connectivity index is 2.51. The van der Waals surface area contributed by atoms with Crippen LogP contribution in [0.25, 0.3) is 0 Å². The van der Waals surface area contributed by atoms with Crippen molar-refractivity contribution in [3.05, 3.63) is 69.4 Å². The maximum atomic E-state index is 12.9. The zero-order valence-corrected chi connectivity index (χ0v) is 11.8. The highest BCUT2D eigenvalue weighted by Crippen LogP contribution is 2.06. The van der Waals surface area contributed by atoms with E-state index in [1.165, 1.54) is 42.1 Å². The number of aromatic nitrogens is 1. The lowest BCUT2D eigenvalue weighted by atomic mass is 10.1. The summed E-state index contributed by atoms with van der Waals surface area (Å²) in [5, 5.41) is 2.33. The molecule has 0 radical (unpaired) electrons. The van der Waals surface area contributed by atoms with E-state index >= 15 is 0 Å². The fourth-order valence-electron chi connectivity index (χ4n) is 1.97. The minimum atomic E-state index is -0.752. The summed E-state index contributed by atoms with van der Waals surface area (Å²) in [4.78, 5) is 35.4. The van der Waals surface area contributed by atoms with Gasteiger partial charge in [0.1, 0.15) is 11.4 Å². The molecule has 2 rings (SSSR count). The quantitative estimate of drug-likeness (QED) is 0.861. The van der Waals surface area contributed by atoms with E-state index in [1.54, 1.807) is 0 Å². The van der Waals surface area contributed by atoms with E-state index in [9.17, 15) is 18.8 Å². The monoisotopic (exact) mass is 303 g/mol. The van der Waals surface area contributed by atoms with E-state index in [-0.39, 0.29) is 17.7 Å². The maximum absolute atomic E-state index is 12.9. The van der Waals surface area contributed by atoms with Crippen LogP contribution < -0.4 is 16.6 Å². The van der Waals surface area contributed by atoms with Crippen molar-refractivity contribution in [2.75, 3.05) is 7.05 Å². The van der Waals surface area contributed by atoms with E-state index in [4.69, 9.17) is 5.73 Å². The first-order valence-electron chi connectivity index (χ1n) is 6.43. The van der Waals surface area contributed by atoms with Gasteiger partial charge >= 0.3 is 0 Å². The summed E-state index contributed by atoms with van der Waals surface area (Å²) in [5.41, 5.74) is 5.17.